The topological polar surface area (TPSA) is 74.6 Å². The van der Waals surface area contributed by atoms with Gasteiger partial charge in [-0.25, -0.2) is 0 Å². The molecule has 0 radical (unpaired) electrons. The number of rotatable bonds is 5. The van der Waals surface area contributed by atoms with Gasteiger partial charge in [-0.15, -0.1) is 0 Å². The Bertz CT molecular complexity index is 295. The van der Waals surface area contributed by atoms with Crippen molar-refractivity contribution in [1.29, 1.82) is 0 Å². The van der Waals surface area contributed by atoms with Crippen LogP contribution in [0.5, 0.6) is 0 Å². The van der Waals surface area contributed by atoms with Gasteiger partial charge in [0.1, 0.15) is 10.5 Å². The number of hydrogen-bond donors (Lipinski definition) is 2. The summed E-state index contributed by atoms with van der Waals surface area (Å²) in [6.07, 6.45) is 0. The molecule has 0 rings (SSSR count). The molecule has 0 aliphatic carbocycles. The molecule has 0 spiro atoms. The highest BCUT2D eigenvalue weighted by molar-refractivity contribution is 8.84. The van der Waals surface area contributed by atoms with Gasteiger partial charge in [0.15, 0.2) is 0 Å². The van der Waals surface area contributed by atoms with Crippen LogP contribution in [0.2, 0.25) is 0 Å². The highest BCUT2D eigenvalue weighted by atomic mass is 33.1. The van der Waals surface area contributed by atoms with Crippen LogP contribution in [0.25, 0.3) is 0 Å². The lowest BCUT2D eigenvalue weighted by Gasteiger charge is -2.12. The minimum Gasteiger partial charge on any atom is -0.480 e. The molecule has 7 heteroatoms. The van der Waals surface area contributed by atoms with E-state index in [4.69, 9.17) is 10.2 Å². The van der Waals surface area contributed by atoms with E-state index in [9.17, 15) is 9.59 Å². The van der Waals surface area contributed by atoms with Crippen LogP contribution in [0, 0.1) is 0 Å². The Hall–Kier alpha value is -0.360. The van der Waals surface area contributed by atoms with E-state index in [2.05, 4.69) is 16.5 Å². The summed E-state index contributed by atoms with van der Waals surface area (Å²) in [5.41, 5.74) is 0. The molecule has 14 heavy (non-hydrogen) atoms. The number of hydrogen-bond acceptors (Lipinski definition) is 4. The normalized spacial score (nSPS) is 16.4. The number of thiocarbonyl (C=S) groups is 1. The molecule has 0 fully saturated rings. The molecule has 0 saturated heterocycles. The van der Waals surface area contributed by atoms with Gasteiger partial charge in [0.05, 0.1) is 0 Å². The third kappa shape index (κ3) is 4.23. The second kappa shape index (κ2) is 6.19. The van der Waals surface area contributed by atoms with Crippen molar-refractivity contribution in [3.8, 4) is 0 Å². The third-order valence-corrected chi connectivity index (χ3v) is 6.51. The summed E-state index contributed by atoms with van der Waals surface area (Å²) in [6.45, 7) is 2.99. The number of carboxylic acid groups (broad SMARTS) is 2. The fraction of sp³-hybridized carbons (Fsp3) is 0.571. The molecular formula is C7H10O4S3. The minimum absolute atomic E-state index is 0.671. The van der Waals surface area contributed by atoms with Gasteiger partial charge in [-0.05, 0) is 30.4 Å². The fourth-order valence-corrected chi connectivity index (χ4v) is 4.22. The van der Waals surface area contributed by atoms with E-state index >= 15 is 0 Å². The van der Waals surface area contributed by atoms with Crippen molar-refractivity contribution in [2.45, 2.75) is 24.3 Å². The molecule has 2 N–H and O–H groups in total. The first-order valence-corrected chi connectivity index (χ1v) is 6.73. The van der Waals surface area contributed by atoms with Gasteiger partial charge < -0.3 is 10.2 Å². The van der Waals surface area contributed by atoms with E-state index in [1.807, 2.05) is 0 Å². The van der Waals surface area contributed by atoms with Gasteiger partial charge in [0.2, 0.25) is 0 Å². The third-order valence-electron chi connectivity index (χ3n) is 1.35. The molecule has 0 aromatic carbocycles. The van der Waals surface area contributed by atoms with Crippen LogP contribution in [0.3, 0.4) is 0 Å². The molecule has 3 atom stereocenters. The zero-order valence-corrected chi connectivity index (χ0v) is 10.0. The maximum absolute atomic E-state index is 10.6. The first kappa shape index (κ1) is 13.6. The summed E-state index contributed by atoms with van der Waals surface area (Å²) in [5.74, 6) is -1.97. The Kier molecular flexibility index (Phi) is 6.03. The molecule has 0 aromatic heterocycles. The van der Waals surface area contributed by atoms with Crippen LogP contribution in [0.1, 0.15) is 13.8 Å². The monoisotopic (exact) mass is 254 g/mol. The second-order valence-corrected chi connectivity index (χ2v) is 6.96. The van der Waals surface area contributed by atoms with Crippen LogP contribution in [-0.4, -0.2) is 37.0 Å². The van der Waals surface area contributed by atoms with Crippen molar-refractivity contribution < 1.29 is 19.8 Å². The molecular weight excluding hydrogens is 244 g/mol. The molecule has 4 nitrogen and oxygen atoms in total. The second-order valence-electron chi connectivity index (χ2n) is 2.44. The van der Waals surface area contributed by atoms with Crippen LogP contribution in [0.4, 0.5) is 0 Å². The Labute approximate surface area is 93.0 Å². The first-order valence-electron chi connectivity index (χ1n) is 3.63. The Morgan fingerprint density at radius 1 is 1.36 bits per heavy atom. The molecule has 0 aliphatic rings. The first-order chi connectivity index (χ1) is 6.40. The lowest BCUT2D eigenvalue weighted by atomic mass is 10.5. The van der Waals surface area contributed by atoms with E-state index in [1.54, 1.807) is 0 Å². The molecule has 0 aromatic rings. The van der Waals surface area contributed by atoms with Gasteiger partial charge in [-0.1, -0.05) is 20.3 Å². The van der Waals surface area contributed by atoms with Crippen molar-refractivity contribution in [2.75, 3.05) is 0 Å². The minimum atomic E-state index is -0.990. The van der Waals surface area contributed by atoms with Crippen LogP contribution in [-0.2, 0) is 9.59 Å². The van der Waals surface area contributed by atoms with Gasteiger partial charge in [0.25, 0.3) is 0 Å². The number of carboxylic acids is 2. The molecule has 0 heterocycles. The van der Waals surface area contributed by atoms with Gasteiger partial charge in [0, 0.05) is 0 Å². The molecule has 3 unspecified atom stereocenters. The summed E-state index contributed by atoms with van der Waals surface area (Å²) in [4.78, 5) is 21.1. The largest absolute Gasteiger partial charge is 0.480 e. The zero-order chi connectivity index (χ0) is 11.3. The highest BCUT2D eigenvalue weighted by Crippen LogP contribution is 2.37. The van der Waals surface area contributed by atoms with Crippen molar-refractivity contribution in [1.82, 2.24) is 0 Å². The van der Waals surface area contributed by atoms with Gasteiger partial charge in [-0.2, -0.15) is 0 Å². The van der Waals surface area contributed by atoms with E-state index in [0.29, 0.717) is 0 Å². The molecule has 80 valence electrons. The molecule has 0 bridgehead atoms. The van der Waals surface area contributed by atoms with Gasteiger partial charge in [-0.3, -0.25) is 9.59 Å². The molecule has 0 saturated carbocycles. The molecule has 0 amide bonds. The molecule has 0 aliphatic heterocycles. The van der Waals surface area contributed by atoms with E-state index in [-0.39, 0.29) is 0 Å². The van der Waals surface area contributed by atoms with E-state index in [1.165, 1.54) is 13.8 Å². The van der Waals surface area contributed by atoms with Crippen molar-refractivity contribution in [2.24, 2.45) is 0 Å². The maximum atomic E-state index is 10.6. The Morgan fingerprint density at radius 3 is 2.14 bits per heavy atom. The Balaban J connectivity index is 4.55. The fourth-order valence-electron chi connectivity index (χ4n) is 0.463. The zero-order valence-electron chi connectivity index (χ0n) is 7.59. The van der Waals surface area contributed by atoms with Crippen LogP contribution in [0.15, 0.2) is 0 Å². The van der Waals surface area contributed by atoms with Crippen molar-refractivity contribution in [3.63, 3.8) is 0 Å². The average Bonchev–Trinajstić information content (AvgIpc) is 2.12. The summed E-state index contributed by atoms with van der Waals surface area (Å²) < 4.78 is 2.40. The summed E-state index contributed by atoms with van der Waals surface area (Å²) >= 11 is 4.56. The van der Waals surface area contributed by atoms with Crippen molar-refractivity contribution >= 4 is 48.8 Å². The summed E-state index contributed by atoms with van der Waals surface area (Å²) in [7, 11) is 0.165. The lowest BCUT2D eigenvalue weighted by molar-refractivity contribution is -0.137. The van der Waals surface area contributed by atoms with E-state index in [0.717, 1.165) is 10.8 Å². The standard InChI is InChI=1S/C7H10O4S3/c1-4(6(8)9)13-14(3-12)5(2)7(10)11/h4-5H,1-2H3,(H,8,9)(H,10,11). The predicted molar refractivity (Wildman–Crippen MR) is 62.0 cm³/mol. The van der Waals surface area contributed by atoms with E-state index < -0.39 is 32.0 Å². The van der Waals surface area contributed by atoms with Crippen LogP contribution < -0.4 is 0 Å². The highest BCUT2D eigenvalue weighted by Gasteiger charge is 2.21. The summed E-state index contributed by atoms with van der Waals surface area (Å²) in [6, 6.07) is 0. The average molecular weight is 254 g/mol. The quantitative estimate of drug-likeness (QED) is 0.574. The van der Waals surface area contributed by atoms with Crippen molar-refractivity contribution in [3.05, 3.63) is 0 Å². The number of aliphatic carboxylic acids is 2. The lowest BCUT2D eigenvalue weighted by Crippen LogP contribution is -2.16. The summed E-state index contributed by atoms with van der Waals surface area (Å²) in [5, 5.41) is 16.0. The maximum Gasteiger partial charge on any atom is 0.317 e. The van der Waals surface area contributed by atoms with Gasteiger partial charge >= 0.3 is 11.9 Å². The smallest absolute Gasteiger partial charge is 0.317 e. The van der Waals surface area contributed by atoms with Crippen LogP contribution >= 0.6 is 32.5 Å². The Morgan fingerprint density at radius 2 is 1.86 bits per heavy atom. The SMILES string of the molecule is CC(SS(=C=S)C(C)C(=O)O)C(=O)O. The predicted octanol–water partition coefficient (Wildman–Crippen LogP) is 1.68. The number of carbonyl (C=O) groups is 2.